The van der Waals surface area contributed by atoms with E-state index in [1.165, 1.54) is 0 Å². The lowest BCUT2D eigenvalue weighted by molar-refractivity contribution is -0.142. The van der Waals surface area contributed by atoms with Gasteiger partial charge in [-0.15, -0.1) is 0 Å². The molecule has 100 valence electrons. The largest absolute Gasteiger partial charge is 0.481 e. The molecule has 0 radical (unpaired) electrons. The molecule has 1 aromatic heterocycles. The maximum atomic E-state index is 10.9. The van der Waals surface area contributed by atoms with Gasteiger partial charge in [0.25, 0.3) is 0 Å². The molecule has 6 heteroatoms. The second kappa shape index (κ2) is 4.98. The van der Waals surface area contributed by atoms with Crippen molar-refractivity contribution in [1.29, 1.82) is 0 Å². The molecule has 1 N–H and O–H groups in total. The van der Waals surface area contributed by atoms with Crippen molar-refractivity contribution in [3.63, 3.8) is 0 Å². The summed E-state index contributed by atoms with van der Waals surface area (Å²) in [6.07, 6.45) is 1.36. The Morgan fingerprint density at radius 1 is 1.42 bits per heavy atom. The van der Waals surface area contributed by atoms with Gasteiger partial charge >= 0.3 is 5.97 Å². The number of fused-ring (bicyclic) bond motifs is 1. The molecule has 1 fully saturated rings. The number of halogens is 1. The van der Waals surface area contributed by atoms with Gasteiger partial charge in [0.2, 0.25) is 0 Å². The molecule has 4 nitrogen and oxygen atoms in total. The van der Waals surface area contributed by atoms with E-state index >= 15 is 0 Å². The van der Waals surface area contributed by atoms with Crippen molar-refractivity contribution >= 4 is 44.3 Å². The standard InChI is InChI=1S/C13H13ClN2O2S/c14-9-2-1-3-10-11(9)15-13(19-10)16-6-4-8(5-7-16)12(17)18/h1-3,8H,4-7H2,(H,17,18). The van der Waals surface area contributed by atoms with Crippen LogP contribution in [0.5, 0.6) is 0 Å². The molecule has 0 unspecified atom stereocenters. The number of aliphatic carboxylic acids is 1. The second-order valence-electron chi connectivity index (χ2n) is 4.68. The summed E-state index contributed by atoms with van der Waals surface area (Å²) in [4.78, 5) is 17.7. The predicted molar refractivity (Wildman–Crippen MR) is 77.2 cm³/mol. The Bertz CT molecular complexity index is 620. The van der Waals surface area contributed by atoms with Crippen molar-refractivity contribution < 1.29 is 9.90 Å². The summed E-state index contributed by atoms with van der Waals surface area (Å²) in [5, 5.41) is 10.6. The number of carboxylic acid groups (broad SMARTS) is 1. The van der Waals surface area contributed by atoms with Gasteiger partial charge in [0, 0.05) is 13.1 Å². The van der Waals surface area contributed by atoms with E-state index in [9.17, 15) is 4.79 Å². The van der Waals surface area contributed by atoms with Crippen LogP contribution in [0.15, 0.2) is 18.2 Å². The quantitative estimate of drug-likeness (QED) is 0.924. The SMILES string of the molecule is O=C(O)C1CCN(c2nc3c(Cl)cccc3s2)CC1. The molecule has 3 rings (SSSR count). The van der Waals surface area contributed by atoms with E-state index in [4.69, 9.17) is 16.7 Å². The Labute approximate surface area is 119 Å². The Kier molecular flexibility index (Phi) is 3.33. The van der Waals surface area contributed by atoms with E-state index in [2.05, 4.69) is 9.88 Å². The summed E-state index contributed by atoms with van der Waals surface area (Å²) in [6, 6.07) is 5.76. The maximum Gasteiger partial charge on any atom is 0.306 e. The van der Waals surface area contributed by atoms with E-state index in [0.717, 1.165) is 28.4 Å². The third kappa shape index (κ3) is 2.40. The molecular formula is C13H13ClN2O2S. The first kappa shape index (κ1) is 12.7. The van der Waals surface area contributed by atoms with Gasteiger partial charge in [0.15, 0.2) is 5.13 Å². The van der Waals surface area contributed by atoms with Crippen LogP contribution in [0.1, 0.15) is 12.8 Å². The highest BCUT2D eigenvalue weighted by Gasteiger charge is 2.26. The number of anilines is 1. The zero-order valence-electron chi connectivity index (χ0n) is 10.2. The molecular weight excluding hydrogens is 284 g/mol. The number of benzene rings is 1. The number of nitrogens with zero attached hydrogens (tertiary/aromatic N) is 2. The molecule has 0 aliphatic carbocycles. The van der Waals surface area contributed by atoms with Crippen molar-refractivity contribution in [2.24, 2.45) is 5.92 Å². The summed E-state index contributed by atoms with van der Waals surface area (Å²) in [5.41, 5.74) is 0.838. The van der Waals surface area contributed by atoms with Gasteiger partial charge in [-0.2, -0.15) is 0 Å². The number of carbonyl (C=O) groups is 1. The van der Waals surface area contributed by atoms with E-state index in [-0.39, 0.29) is 5.92 Å². The second-order valence-corrected chi connectivity index (χ2v) is 6.10. The topological polar surface area (TPSA) is 53.4 Å². The molecule has 0 bridgehead atoms. The highest BCUT2D eigenvalue weighted by Crippen LogP contribution is 2.34. The highest BCUT2D eigenvalue weighted by atomic mass is 35.5. The van der Waals surface area contributed by atoms with Crippen molar-refractivity contribution in [2.45, 2.75) is 12.8 Å². The van der Waals surface area contributed by atoms with E-state index in [1.54, 1.807) is 11.3 Å². The van der Waals surface area contributed by atoms with Crippen LogP contribution < -0.4 is 4.90 Å². The predicted octanol–water partition coefficient (Wildman–Crippen LogP) is 3.25. The molecule has 0 amide bonds. The number of para-hydroxylation sites is 1. The Morgan fingerprint density at radius 2 is 2.16 bits per heavy atom. The number of hydrogen-bond donors (Lipinski definition) is 1. The lowest BCUT2D eigenvalue weighted by atomic mass is 9.98. The maximum absolute atomic E-state index is 10.9. The lowest BCUT2D eigenvalue weighted by Crippen LogP contribution is -2.36. The number of piperidine rings is 1. The Balaban J connectivity index is 1.82. The van der Waals surface area contributed by atoms with E-state index in [1.807, 2.05) is 18.2 Å². The molecule has 0 spiro atoms. The summed E-state index contributed by atoms with van der Waals surface area (Å²) >= 11 is 7.73. The molecule has 1 aliphatic rings. The number of hydrogen-bond acceptors (Lipinski definition) is 4. The van der Waals surface area contributed by atoms with E-state index < -0.39 is 5.97 Å². The zero-order valence-corrected chi connectivity index (χ0v) is 11.7. The van der Waals surface area contributed by atoms with Gasteiger partial charge in [-0.1, -0.05) is 29.0 Å². The van der Waals surface area contributed by atoms with Gasteiger partial charge in [0.1, 0.15) is 5.52 Å². The Morgan fingerprint density at radius 3 is 2.79 bits per heavy atom. The van der Waals surface area contributed by atoms with Gasteiger partial charge in [-0.3, -0.25) is 4.79 Å². The van der Waals surface area contributed by atoms with Crippen molar-refractivity contribution in [2.75, 3.05) is 18.0 Å². The molecule has 19 heavy (non-hydrogen) atoms. The molecule has 2 aromatic rings. The zero-order chi connectivity index (χ0) is 13.4. The molecule has 0 atom stereocenters. The lowest BCUT2D eigenvalue weighted by Gasteiger charge is -2.29. The smallest absolute Gasteiger partial charge is 0.306 e. The van der Waals surface area contributed by atoms with Crippen LogP contribution in [-0.4, -0.2) is 29.1 Å². The third-order valence-corrected chi connectivity index (χ3v) is 4.86. The number of rotatable bonds is 2. The minimum Gasteiger partial charge on any atom is -0.481 e. The fourth-order valence-corrected chi connectivity index (χ4v) is 3.67. The molecule has 0 saturated carbocycles. The van der Waals surface area contributed by atoms with Crippen LogP contribution in [0.4, 0.5) is 5.13 Å². The van der Waals surface area contributed by atoms with Gasteiger partial charge in [-0.25, -0.2) is 4.98 Å². The van der Waals surface area contributed by atoms with Crippen LogP contribution in [-0.2, 0) is 4.79 Å². The number of aromatic nitrogens is 1. The van der Waals surface area contributed by atoms with Crippen LogP contribution in [0, 0.1) is 5.92 Å². The van der Waals surface area contributed by atoms with Gasteiger partial charge < -0.3 is 10.0 Å². The first-order chi connectivity index (χ1) is 9.15. The Hall–Kier alpha value is -1.33. The normalized spacial score (nSPS) is 17.0. The van der Waals surface area contributed by atoms with Crippen LogP contribution in [0.3, 0.4) is 0 Å². The van der Waals surface area contributed by atoms with Gasteiger partial charge in [-0.05, 0) is 25.0 Å². The fourth-order valence-electron chi connectivity index (χ4n) is 2.36. The van der Waals surface area contributed by atoms with Crippen molar-refractivity contribution in [3.05, 3.63) is 23.2 Å². The minimum absolute atomic E-state index is 0.214. The summed E-state index contributed by atoms with van der Waals surface area (Å²) < 4.78 is 1.07. The minimum atomic E-state index is -0.688. The molecule has 1 aliphatic heterocycles. The van der Waals surface area contributed by atoms with Crippen molar-refractivity contribution in [3.8, 4) is 0 Å². The monoisotopic (exact) mass is 296 g/mol. The fraction of sp³-hybridized carbons (Fsp3) is 0.385. The highest BCUT2D eigenvalue weighted by molar-refractivity contribution is 7.22. The van der Waals surface area contributed by atoms with Crippen LogP contribution in [0.25, 0.3) is 10.2 Å². The van der Waals surface area contributed by atoms with Crippen LogP contribution >= 0.6 is 22.9 Å². The first-order valence-corrected chi connectivity index (χ1v) is 7.37. The van der Waals surface area contributed by atoms with Gasteiger partial charge in [0.05, 0.1) is 15.6 Å². The van der Waals surface area contributed by atoms with Crippen molar-refractivity contribution in [1.82, 2.24) is 4.98 Å². The first-order valence-electron chi connectivity index (χ1n) is 6.18. The van der Waals surface area contributed by atoms with Crippen LogP contribution in [0.2, 0.25) is 5.02 Å². The number of thiazole rings is 1. The molecule has 1 saturated heterocycles. The summed E-state index contributed by atoms with van der Waals surface area (Å²) in [5.74, 6) is -0.902. The summed E-state index contributed by atoms with van der Waals surface area (Å²) in [6.45, 7) is 1.49. The van der Waals surface area contributed by atoms with E-state index in [0.29, 0.717) is 17.9 Å². The third-order valence-electron chi connectivity index (χ3n) is 3.47. The average molecular weight is 297 g/mol. The molecule has 1 aromatic carbocycles. The molecule has 2 heterocycles. The average Bonchev–Trinajstić information content (AvgIpc) is 2.84. The number of carboxylic acids is 1. The summed E-state index contributed by atoms with van der Waals surface area (Å²) in [7, 11) is 0.